The third-order valence-corrected chi connectivity index (χ3v) is 9.51. The van der Waals surface area contributed by atoms with Crippen molar-refractivity contribution >= 4 is 21.6 Å². The van der Waals surface area contributed by atoms with E-state index in [-0.39, 0.29) is 40.8 Å². The number of anilines is 1. The van der Waals surface area contributed by atoms with Gasteiger partial charge in [0, 0.05) is 18.7 Å². The summed E-state index contributed by atoms with van der Waals surface area (Å²) in [5, 5.41) is 21.3. The number of aromatic nitrogens is 1. The molecule has 2 N–H and O–H groups in total. The van der Waals surface area contributed by atoms with Gasteiger partial charge in [-0.1, -0.05) is 37.8 Å². The first-order chi connectivity index (χ1) is 22.1. The zero-order valence-electron chi connectivity index (χ0n) is 25.0. The second-order valence-electron chi connectivity index (χ2n) is 10.8. The van der Waals surface area contributed by atoms with Crippen molar-refractivity contribution in [2.45, 2.75) is 54.9 Å². The van der Waals surface area contributed by atoms with E-state index in [2.05, 4.69) is 16.9 Å². The second kappa shape index (κ2) is 14.1. The lowest BCUT2D eigenvalue weighted by atomic mass is 9.95. The van der Waals surface area contributed by atoms with Crippen LogP contribution in [0, 0.1) is 11.3 Å². The molecule has 0 radical (unpaired) electrons. The molecule has 1 aliphatic rings. The molecule has 1 unspecified atom stereocenters. The molecule has 2 heterocycles. The van der Waals surface area contributed by atoms with Crippen molar-refractivity contribution < 1.29 is 45.0 Å². The molecule has 250 valence electrons. The number of pyridine rings is 1. The van der Waals surface area contributed by atoms with Gasteiger partial charge in [0.05, 0.1) is 46.5 Å². The maximum absolute atomic E-state index is 14.2. The molecule has 1 saturated heterocycles. The molecule has 15 heteroatoms. The number of amides is 1. The van der Waals surface area contributed by atoms with Crippen LogP contribution >= 0.6 is 0 Å². The molecule has 47 heavy (non-hydrogen) atoms. The summed E-state index contributed by atoms with van der Waals surface area (Å²) in [4.78, 5) is 19.0. The average molecular weight is 679 g/mol. The lowest BCUT2D eigenvalue weighted by Crippen LogP contribution is -2.35. The topological polar surface area (TPSA) is 133 Å². The second-order valence-corrected chi connectivity index (χ2v) is 13.1. The number of alkyl halides is 5. The number of nitrogens with one attached hydrogen (secondary N) is 1. The highest BCUT2D eigenvalue weighted by molar-refractivity contribution is 7.91. The fourth-order valence-electron chi connectivity index (χ4n) is 5.21. The fourth-order valence-corrected chi connectivity index (χ4v) is 6.09. The highest BCUT2D eigenvalue weighted by Gasteiger charge is 2.41. The number of hydrogen-bond acceptors (Lipinski definition) is 8. The third kappa shape index (κ3) is 8.44. The summed E-state index contributed by atoms with van der Waals surface area (Å²) >= 11 is 0. The number of hydrogen-bond donors (Lipinski definition) is 2. The summed E-state index contributed by atoms with van der Waals surface area (Å²) in [6.07, 6.45) is -8.22. The zero-order chi connectivity index (χ0) is 34.6. The molecule has 0 aliphatic carbocycles. The van der Waals surface area contributed by atoms with E-state index >= 15 is 0 Å². The molecular formula is C32H31F5N4O5S. The Kier molecular flexibility index (Phi) is 10.6. The van der Waals surface area contributed by atoms with E-state index in [1.807, 2.05) is 0 Å². The van der Waals surface area contributed by atoms with Gasteiger partial charge in [-0.15, -0.1) is 0 Å². The fraction of sp³-hybridized carbons (Fsp3) is 0.344. The number of sulfone groups is 1. The molecule has 2 aromatic carbocycles. The van der Waals surface area contributed by atoms with Crippen molar-refractivity contribution in [1.82, 2.24) is 10.3 Å². The standard InChI is InChI=1S/C32H31F5N4O5S/c1-3-47(44,45)26-11-6-22(7-12-26)27(19-42)40-30(43)23-8-13-29(39-17-23)41-18-24(21-4-9-25(10-5-21)32(35,36)37)16-28(41)20(2)46-31(33,34)14-15-38/h4-13,17,24,27-28,42H,2-3,14,16,18-19H2,1H3,(H,40,43)/t24?,27-,28-/m0/s1. The van der Waals surface area contributed by atoms with Gasteiger partial charge in [-0.05, 0) is 53.9 Å². The minimum absolute atomic E-state index is 0.0851. The molecule has 1 fully saturated rings. The number of carbonyl (C=O) groups is 1. The maximum Gasteiger partial charge on any atom is 0.416 e. The normalized spacial score (nSPS) is 17.5. The third-order valence-electron chi connectivity index (χ3n) is 7.76. The van der Waals surface area contributed by atoms with Gasteiger partial charge in [-0.3, -0.25) is 4.79 Å². The SMILES string of the molecule is C=C(OC(F)(F)CC#N)[C@@H]1CC(c2ccc(C(F)(F)F)cc2)CN1c1ccc(C(=O)N[C@@H](CO)c2ccc(S(=O)(=O)CC)cc2)cn1. The van der Waals surface area contributed by atoms with Crippen molar-refractivity contribution in [2.75, 3.05) is 23.8 Å². The number of benzene rings is 2. The predicted octanol–water partition coefficient (Wildman–Crippen LogP) is 5.76. The van der Waals surface area contributed by atoms with E-state index < -0.39 is 64.6 Å². The van der Waals surface area contributed by atoms with Crippen LogP contribution in [0.3, 0.4) is 0 Å². The van der Waals surface area contributed by atoms with Crippen LogP contribution < -0.4 is 10.2 Å². The number of halogens is 5. The molecule has 0 bridgehead atoms. The Bertz CT molecular complexity index is 1730. The first kappa shape index (κ1) is 35.3. The lowest BCUT2D eigenvalue weighted by molar-refractivity contribution is -0.211. The van der Waals surface area contributed by atoms with Gasteiger partial charge in [0.1, 0.15) is 18.0 Å². The highest BCUT2D eigenvalue weighted by atomic mass is 32.2. The Morgan fingerprint density at radius 1 is 1.13 bits per heavy atom. The van der Waals surface area contributed by atoms with E-state index in [0.29, 0.717) is 11.1 Å². The largest absolute Gasteiger partial charge is 0.435 e. The molecule has 3 aromatic rings. The maximum atomic E-state index is 14.2. The Labute approximate surface area is 268 Å². The Hall–Kier alpha value is -4.55. The van der Waals surface area contributed by atoms with Gasteiger partial charge < -0.3 is 20.1 Å². The number of rotatable bonds is 12. The molecule has 1 aromatic heterocycles. The van der Waals surface area contributed by atoms with Crippen LogP contribution in [0.2, 0.25) is 0 Å². The van der Waals surface area contributed by atoms with Crippen LogP contribution in [0.25, 0.3) is 0 Å². The van der Waals surface area contributed by atoms with Gasteiger partial charge in [0.2, 0.25) is 0 Å². The van der Waals surface area contributed by atoms with Crippen LogP contribution in [0.1, 0.15) is 58.8 Å². The summed E-state index contributed by atoms with van der Waals surface area (Å²) in [6.45, 7) is 4.80. The molecule has 1 aliphatic heterocycles. The molecule has 3 atom stereocenters. The summed E-state index contributed by atoms with van der Waals surface area (Å²) < 4.78 is 96.6. The monoisotopic (exact) mass is 678 g/mol. The van der Waals surface area contributed by atoms with Crippen LogP contribution in [-0.2, 0) is 20.8 Å². The number of aliphatic hydroxyl groups is 1. The number of ether oxygens (including phenoxy) is 1. The summed E-state index contributed by atoms with van der Waals surface area (Å²) in [7, 11) is -3.44. The van der Waals surface area contributed by atoms with Crippen molar-refractivity contribution in [3.05, 3.63) is 101 Å². The first-order valence-corrected chi connectivity index (χ1v) is 16.0. The average Bonchev–Trinajstić information content (AvgIpc) is 3.49. The van der Waals surface area contributed by atoms with E-state index in [4.69, 9.17) is 10.00 Å². The minimum Gasteiger partial charge on any atom is -0.435 e. The number of nitriles is 1. The molecule has 9 nitrogen and oxygen atoms in total. The summed E-state index contributed by atoms with van der Waals surface area (Å²) in [5.74, 6) is -1.26. The van der Waals surface area contributed by atoms with Gasteiger partial charge in [-0.2, -0.15) is 27.2 Å². The van der Waals surface area contributed by atoms with Gasteiger partial charge in [0.15, 0.2) is 9.84 Å². The zero-order valence-corrected chi connectivity index (χ0v) is 25.9. The van der Waals surface area contributed by atoms with Crippen molar-refractivity contribution in [1.29, 1.82) is 5.26 Å². The van der Waals surface area contributed by atoms with E-state index in [0.717, 1.165) is 12.1 Å². The van der Waals surface area contributed by atoms with E-state index in [9.17, 15) is 40.3 Å². The van der Waals surface area contributed by atoms with Crippen LogP contribution in [0.5, 0.6) is 0 Å². The quantitative estimate of drug-likeness (QED) is 0.183. The van der Waals surface area contributed by atoms with Crippen molar-refractivity contribution in [2.24, 2.45) is 0 Å². The van der Waals surface area contributed by atoms with Crippen LogP contribution in [0.15, 0.2) is 84.1 Å². The van der Waals surface area contributed by atoms with E-state index in [1.165, 1.54) is 67.7 Å². The Morgan fingerprint density at radius 3 is 2.32 bits per heavy atom. The highest BCUT2D eigenvalue weighted by Crippen LogP contribution is 2.40. The van der Waals surface area contributed by atoms with Gasteiger partial charge in [0.25, 0.3) is 5.91 Å². The summed E-state index contributed by atoms with van der Waals surface area (Å²) in [6, 6.07) is 12.7. The molecule has 0 saturated carbocycles. The molecular weight excluding hydrogens is 647 g/mol. The summed E-state index contributed by atoms with van der Waals surface area (Å²) in [5.41, 5.74) is 0.231. The van der Waals surface area contributed by atoms with Crippen LogP contribution in [0.4, 0.5) is 27.8 Å². The molecule has 1 amide bonds. The molecule has 4 rings (SSSR count). The van der Waals surface area contributed by atoms with Crippen molar-refractivity contribution in [3.8, 4) is 6.07 Å². The first-order valence-electron chi connectivity index (χ1n) is 14.4. The Balaban J connectivity index is 1.54. The minimum atomic E-state index is -4.53. The number of carbonyl (C=O) groups excluding carboxylic acids is 1. The number of aliphatic hydroxyl groups excluding tert-OH is 1. The van der Waals surface area contributed by atoms with Crippen molar-refractivity contribution in [3.63, 3.8) is 0 Å². The predicted molar refractivity (Wildman–Crippen MR) is 161 cm³/mol. The molecule has 0 spiro atoms. The van der Waals surface area contributed by atoms with Crippen LogP contribution in [-0.4, -0.2) is 55.5 Å². The van der Waals surface area contributed by atoms with E-state index in [1.54, 1.807) is 4.90 Å². The lowest BCUT2D eigenvalue weighted by Gasteiger charge is -2.29. The smallest absolute Gasteiger partial charge is 0.416 e. The van der Waals surface area contributed by atoms with Gasteiger partial charge in [-0.25, -0.2) is 13.4 Å². The van der Waals surface area contributed by atoms with Gasteiger partial charge >= 0.3 is 12.3 Å². The Morgan fingerprint density at radius 2 is 1.79 bits per heavy atom. The number of nitrogens with zero attached hydrogens (tertiary/aromatic N) is 3.